The number of anilines is 2. The molecule has 0 unspecified atom stereocenters. The van der Waals surface area contributed by atoms with E-state index in [9.17, 15) is 22.8 Å². The molecule has 0 radical (unpaired) electrons. The van der Waals surface area contributed by atoms with E-state index in [2.05, 4.69) is 10.3 Å². The number of nitrogens with one attached hydrogen (secondary N) is 1. The smallest absolute Gasteiger partial charge is 0.363 e. The fourth-order valence-corrected chi connectivity index (χ4v) is 2.29. The molecule has 0 aliphatic carbocycles. The molecule has 1 atom stereocenters. The van der Waals surface area contributed by atoms with Crippen molar-refractivity contribution in [3.8, 4) is 0 Å². The summed E-state index contributed by atoms with van der Waals surface area (Å²) in [5.74, 6) is -1.24. The van der Waals surface area contributed by atoms with Gasteiger partial charge in [0, 0.05) is 27.1 Å². The summed E-state index contributed by atoms with van der Waals surface area (Å²) >= 11 is 0. The maximum atomic E-state index is 12.4. The average Bonchev–Trinajstić information content (AvgIpc) is 2.79. The standard InChI is InChI=1S/C14H17F3N4O2/c1-20(2)11-4-3-10(6-18-11)19-13(23)9-5-12(22)21(7-9)8-14(15,16)17/h3-4,6,9H,5,7-8H2,1-2H3,(H,19,23)/t9-/m0/s1. The van der Waals surface area contributed by atoms with Crippen molar-refractivity contribution < 1.29 is 22.8 Å². The first-order valence-electron chi connectivity index (χ1n) is 6.94. The van der Waals surface area contributed by atoms with Crippen LogP contribution in [-0.2, 0) is 9.59 Å². The minimum absolute atomic E-state index is 0.217. The monoisotopic (exact) mass is 330 g/mol. The molecular formula is C14H17F3N4O2. The van der Waals surface area contributed by atoms with Gasteiger partial charge in [0.1, 0.15) is 12.4 Å². The zero-order valence-electron chi connectivity index (χ0n) is 12.7. The van der Waals surface area contributed by atoms with Gasteiger partial charge in [-0.05, 0) is 12.1 Å². The molecule has 126 valence electrons. The Morgan fingerprint density at radius 2 is 2.13 bits per heavy atom. The van der Waals surface area contributed by atoms with Crippen molar-refractivity contribution in [1.82, 2.24) is 9.88 Å². The van der Waals surface area contributed by atoms with Crippen LogP contribution in [0, 0.1) is 5.92 Å². The van der Waals surface area contributed by atoms with Gasteiger partial charge in [-0.25, -0.2) is 4.98 Å². The number of nitrogens with zero attached hydrogens (tertiary/aromatic N) is 3. The normalized spacial score (nSPS) is 18.2. The highest BCUT2D eigenvalue weighted by atomic mass is 19.4. The Labute approximate surface area is 131 Å². The van der Waals surface area contributed by atoms with Crippen LogP contribution in [0.2, 0.25) is 0 Å². The number of amides is 2. The molecule has 2 rings (SSSR count). The van der Waals surface area contributed by atoms with Crippen LogP contribution in [0.1, 0.15) is 6.42 Å². The molecule has 2 amide bonds. The van der Waals surface area contributed by atoms with Crippen LogP contribution in [0.4, 0.5) is 24.7 Å². The van der Waals surface area contributed by atoms with Gasteiger partial charge < -0.3 is 15.1 Å². The molecule has 1 saturated heterocycles. The number of likely N-dealkylation sites (tertiary alicyclic amines) is 1. The first kappa shape index (κ1) is 17.0. The number of aromatic nitrogens is 1. The summed E-state index contributed by atoms with van der Waals surface area (Å²) in [5.41, 5.74) is 0.433. The number of carbonyl (C=O) groups excluding carboxylic acids is 2. The molecule has 1 N–H and O–H groups in total. The third kappa shape index (κ3) is 4.57. The van der Waals surface area contributed by atoms with E-state index in [1.165, 1.54) is 6.20 Å². The minimum atomic E-state index is -4.47. The Bertz CT molecular complexity index is 587. The molecule has 23 heavy (non-hydrogen) atoms. The van der Waals surface area contributed by atoms with Crippen LogP contribution in [0.3, 0.4) is 0 Å². The minimum Gasteiger partial charge on any atom is -0.363 e. The van der Waals surface area contributed by atoms with E-state index < -0.39 is 30.5 Å². The van der Waals surface area contributed by atoms with Crippen LogP contribution in [0.5, 0.6) is 0 Å². The van der Waals surface area contributed by atoms with Gasteiger partial charge in [0.2, 0.25) is 11.8 Å². The summed E-state index contributed by atoms with van der Waals surface area (Å²) in [7, 11) is 3.64. The first-order valence-corrected chi connectivity index (χ1v) is 6.94. The number of pyridine rings is 1. The van der Waals surface area contributed by atoms with Gasteiger partial charge in [-0.2, -0.15) is 13.2 Å². The summed E-state index contributed by atoms with van der Waals surface area (Å²) in [5, 5.41) is 2.57. The molecule has 2 heterocycles. The molecule has 1 aromatic heterocycles. The van der Waals surface area contributed by atoms with Gasteiger partial charge in [0.15, 0.2) is 0 Å². The molecule has 0 bridgehead atoms. The van der Waals surface area contributed by atoms with Crippen LogP contribution in [-0.4, -0.2) is 55.1 Å². The van der Waals surface area contributed by atoms with Crippen molar-refractivity contribution in [2.24, 2.45) is 5.92 Å². The molecule has 0 saturated carbocycles. The van der Waals surface area contributed by atoms with Crippen molar-refractivity contribution in [3.63, 3.8) is 0 Å². The van der Waals surface area contributed by atoms with Crippen molar-refractivity contribution in [3.05, 3.63) is 18.3 Å². The molecule has 1 aliphatic rings. The van der Waals surface area contributed by atoms with Crippen LogP contribution < -0.4 is 10.2 Å². The fraction of sp³-hybridized carbons (Fsp3) is 0.500. The third-order valence-corrected chi connectivity index (χ3v) is 3.43. The van der Waals surface area contributed by atoms with Gasteiger partial charge in [0.25, 0.3) is 0 Å². The average molecular weight is 330 g/mol. The third-order valence-electron chi connectivity index (χ3n) is 3.43. The number of hydrogen-bond donors (Lipinski definition) is 1. The molecule has 6 nitrogen and oxygen atoms in total. The Hall–Kier alpha value is -2.32. The zero-order chi connectivity index (χ0) is 17.2. The number of carbonyl (C=O) groups is 2. The first-order chi connectivity index (χ1) is 10.7. The SMILES string of the molecule is CN(C)c1ccc(NC(=O)[C@H]2CC(=O)N(CC(F)(F)F)C2)cn1. The lowest BCUT2D eigenvalue weighted by atomic mass is 10.1. The highest BCUT2D eigenvalue weighted by Crippen LogP contribution is 2.24. The van der Waals surface area contributed by atoms with Crippen LogP contribution in [0.15, 0.2) is 18.3 Å². The molecule has 0 aromatic carbocycles. The fourth-order valence-electron chi connectivity index (χ4n) is 2.29. The number of hydrogen-bond acceptors (Lipinski definition) is 4. The van der Waals surface area contributed by atoms with Crippen molar-refractivity contribution >= 4 is 23.3 Å². The van der Waals surface area contributed by atoms with Crippen molar-refractivity contribution in [2.75, 3.05) is 37.4 Å². The van der Waals surface area contributed by atoms with Gasteiger partial charge in [-0.15, -0.1) is 0 Å². The van der Waals surface area contributed by atoms with E-state index in [4.69, 9.17) is 0 Å². The molecule has 1 fully saturated rings. The highest BCUT2D eigenvalue weighted by molar-refractivity contribution is 5.97. The van der Waals surface area contributed by atoms with E-state index in [1.807, 2.05) is 14.1 Å². The van der Waals surface area contributed by atoms with Gasteiger partial charge >= 0.3 is 6.18 Å². The molecule has 1 aromatic rings. The van der Waals surface area contributed by atoms with E-state index >= 15 is 0 Å². The maximum absolute atomic E-state index is 12.4. The summed E-state index contributed by atoms with van der Waals surface area (Å²) in [6, 6.07) is 3.34. The molecule has 0 spiro atoms. The summed E-state index contributed by atoms with van der Waals surface area (Å²) < 4.78 is 37.1. The number of rotatable bonds is 4. The second-order valence-corrected chi connectivity index (χ2v) is 5.58. The van der Waals surface area contributed by atoms with Gasteiger partial charge in [-0.1, -0.05) is 0 Å². The second-order valence-electron chi connectivity index (χ2n) is 5.58. The Morgan fingerprint density at radius 1 is 1.43 bits per heavy atom. The van der Waals surface area contributed by atoms with Gasteiger partial charge in [0.05, 0.1) is 17.8 Å². The summed E-state index contributed by atoms with van der Waals surface area (Å²) in [6.07, 6.45) is -3.23. The summed E-state index contributed by atoms with van der Waals surface area (Å²) in [4.78, 5) is 30.2. The Balaban J connectivity index is 1.95. The molecular weight excluding hydrogens is 313 g/mol. The summed E-state index contributed by atoms with van der Waals surface area (Å²) in [6.45, 7) is -1.55. The van der Waals surface area contributed by atoms with E-state index in [-0.39, 0.29) is 13.0 Å². The van der Waals surface area contributed by atoms with E-state index in [1.54, 1.807) is 17.0 Å². The van der Waals surface area contributed by atoms with E-state index in [0.29, 0.717) is 16.4 Å². The number of halogens is 3. The Kier molecular flexibility index (Phi) is 4.76. The molecule has 1 aliphatic heterocycles. The highest BCUT2D eigenvalue weighted by Gasteiger charge is 2.40. The van der Waals surface area contributed by atoms with Gasteiger partial charge in [-0.3, -0.25) is 9.59 Å². The lowest BCUT2D eigenvalue weighted by Gasteiger charge is -2.18. The van der Waals surface area contributed by atoms with Crippen molar-refractivity contribution in [1.29, 1.82) is 0 Å². The lowest BCUT2D eigenvalue weighted by Crippen LogP contribution is -2.36. The Morgan fingerprint density at radius 3 is 2.65 bits per heavy atom. The predicted octanol–water partition coefficient (Wildman–Crippen LogP) is 1.50. The lowest BCUT2D eigenvalue weighted by molar-refractivity contribution is -0.157. The predicted molar refractivity (Wildman–Crippen MR) is 77.9 cm³/mol. The zero-order valence-corrected chi connectivity index (χ0v) is 12.7. The largest absolute Gasteiger partial charge is 0.406 e. The molecule has 9 heteroatoms. The second kappa shape index (κ2) is 6.43. The maximum Gasteiger partial charge on any atom is 0.406 e. The van der Waals surface area contributed by atoms with Crippen LogP contribution >= 0.6 is 0 Å². The topological polar surface area (TPSA) is 65.5 Å². The van der Waals surface area contributed by atoms with Crippen molar-refractivity contribution in [2.45, 2.75) is 12.6 Å². The van der Waals surface area contributed by atoms with Crippen LogP contribution in [0.25, 0.3) is 0 Å². The number of alkyl halides is 3. The van der Waals surface area contributed by atoms with E-state index in [0.717, 1.165) is 0 Å². The quantitative estimate of drug-likeness (QED) is 0.909.